The van der Waals surface area contributed by atoms with E-state index >= 15 is 0 Å². The van der Waals surface area contributed by atoms with E-state index in [-0.39, 0.29) is 35.6 Å². The maximum absolute atomic E-state index is 13.2. The van der Waals surface area contributed by atoms with E-state index in [9.17, 15) is 23.2 Å². The zero-order valence-electron chi connectivity index (χ0n) is 18.7. The molecule has 0 aliphatic carbocycles. The third-order valence-corrected chi connectivity index (χ3v) is 6.29. The van der Waals surface area contributed by atoms with E-state index in [1.807, 2.05) is 18.2 Å². The van der Waals surface area contributed by atoms with Gasteiger partial charge in [-0.2, -0.15) is 8.78 Å². The Kier molecular flexibility index (Phi) is 7.40. The van der Waals surface area contributed by atoms with Crippen LogP contribution in [0.25, 0.3) is 0 Å². The Morgan fingerprint density at radius 1 is 0.794 bits per heavy atom. The topological polar surface area (TPSA) is 70.2 Å². The standard InChI is InChI=1S/C25H27F2N3O4/c26-25(27)34-21-11-5-4-10-20(21)24(33)30-12-6-9-19(17-30)23(32)29-15-13-28(14-16-29)22(31)18-7-2-1-3-8-18/h1-5,7-8,10-11,19,25H,6,9,12-17H2. The number of rotatable bonds is 5. The Bertz CT molecular complexity index is 1030. The van der Waals surface area contributed by atoms with E-state index in [0.29, 0.717) is 51.1 Å². The van der Waals surface area contributed by atoms with E-state index in [2.05, 4.69) is 4.74 Å². The van der Waals surface area contributed by atoms with Gasteiger partial charge in [0.05, 0.1) is 11.5 Å². The number of alkyl halides is 2. The van der Waals surface area contributed by atoms with Crippen LogP contribution >= 0.6 is 0 Å². The smallest absolute Gasteiger partial charge is 0.387 e. The number of carbonyl (C=O) groups is 3. The van der Waals surface area contributed by atoms with Crippen molar-refractivity contribution in [3.8, 4) is 5.75 Å². The normalized spacial score (nSPS) is 18.7. The van der Waals surface area contributed by atoms with Crippen molar-refractivity contribution in [2.24, 2.45) is 5.92 Å². The second-order valence-corrected chi connectivity index (χ2v) is 8.45. The highest BCUT2D eigenvalue weighted by molar-refractivity contribution is 5.97. The van der Waals surface area contributed by atoms with Crippen molar-refractivity contribution >= 4 is 17.7 Å². The van der Waals surface area contributed by atoms with Crippen molar-refractivity contribution < 1.29 is 27.9 Å². The lowest BCUT2D eigenvalue weighted by molar-refractivity contribution is -0.138. The Labute approximate surface area is 196 Å². The number of ether oxygens (including phenoxy) is 1. The summed E-state index contributed by atoms with van der Waals surface area (Å²) in [5, 5.41) is 0. The number of halogens is 2. The zero-order valence-corrected chi connectivity index (χ0v) is 18.7. The number of likely N-dealkylation sites (tertiary alicyclic amines) is 1. The van der Waals surface area contributed by atoms with Crippen LogP contribution in [0.4, 0.5) is 8.78 Å². The van der Waals surface area contributed by atoms with Gasteiger partial charge in [0.15, 0.2) is 0 Å². The molecule has 9 heteroatoms. The number of carbonyl (C=O) groups excluding carboxylic acids is 3. The van der Waals surface area contributed by atoms with Crippen LogP contribution in [0.1, 0.15) is 33.6 Å². The van der Waals surface area contributed by atoms with Crippen LogP contribution in [0.2, 0.25) is 0 Å². The molecule has 3 amide bonds. The molecule has 2 aliphatic heterocycles. The monoisotopic (exact) mass is 471 g/mol. The van der Waals surface area contributed by atoms with Crippen molar-refractivity contribution in [2.45, 2.75) is 19.5 Å². The second kappa shape index (κ2) is 10.6. The van der Waals surface area contributed by atoms with E-state index < -0.39 is 12.5 Å². The number of piperidine rings is 1. The fourth-order valence-corrected chi connectivity index (χ4v) is 4.53. The van der Waals surface area contributed by atoms with Crippen molar-refractivity contribution in [1.29, 1.82) is 0 Å². The predicted octanol–water partition coefficient (Wildman–Crippen LogP) is 3.12. The largest absolute Gasteiger partial charge is 0.434 e. The molecule has 180 valence electrons. The lowest BCUT2D eigenvalue weighted by Gasteiger charge is -2.39. The van der Waals surface area contributed by atoms with Crippen molar-refractivity contribution in [2.75, 3.05) is 39.3 Å². The molecule has 0 aromatic heterocycles. The van der Waals surface area contributed by atoms with E-state index in [4.69, 9.17) is 0 Å². The molecule has 1 unspecified atom stereocenters. The number of hydrogen-bond donors (Lipinski definition) is 0. The summed E-state index contributed by atoms with van der Waals surface area (Å²) in [5.41, 5.74) is 0.684. The molecule has 2 aromatic carbocycles. The van der Waals surface area contributed by atoms with Gasteiger partial charge in [-0.05, 0) is 37.1 Å². The molecule has 0 spiro atoms. The van der Waals surface area contributed by atoms with Gasteiger partial charge in [-0.3, -0.25) is 14.4 Å². The maximum atomic E-state index is 13.2. The molecule has 0 bridgehead atoms. The van der Waals surface area contributed by atoms with Crippen LogP contribution in [0, 0.1) is 5.92 Å². The lowest BCUT2D eigenvalue weighted by Crippen LogP contribution is -2.54. The average molecular weight is 472 g/mol. The quantitative estimate of drug-likeness (QED) is 0.672. The maximum Gasteiger partial charge on any atom is 0.387 e. The first kappa shape index (κ1) is 23.7. The minimum absolute atomic E-state index is 0.0403. The number of nitrogens with zero attached hydrogens (tertiary/aromatic N) is 3. The Hall–Kier alpha value is -3.49. The van der Waals surface area contributed by atoms with E-state index in [1.165, 1.54) is 23.1 Å². The Morgan fingerprint density at radius 2 is 1.44 bits per heavy atom. The number of para-hydroxylation sites is 1. The predicted molar refractivity (Wildman–Crippen MR) is 121 cm³/mol. The van der Waals surface area contributed by atoms with Gasteiger partial charge in [-0.25, -0.2) is 0 Å². The van der Waals surface area contributed by atoms with E-state index in [0.717, 1.165) is 0 Å². The summed E-state index contributed by atoms with van der Waals surface area (Å²) in [6.07, 6.45) is 1.30. The van der Waals surface area contributed by atoms with Gasteiger partial charge in [0.2, 0.25) is 5.91 Å². The number of benzene rings is 2. The lowest BCUT2D eigenvalue weighted by atomic mass is 9.95. The summed E-state index contributed by atoms with van der Waals surface area (Å²) in [6, 6.07) is 15.0. The third-order valence-electron chi connectivity index (χ3n) is 6.29. The van der Waals surface area contributed by atoms with Crippen molar-refractivity contribution in [3.05, 3.63) is 65.7 Å². The molecule has 34 heavy (non-hydrogen) atoms. The summed E-state index contributed by atoms with van der Waals surface area (Å²) < 4.78 is 30.0. The molecule has 7 nitrogen and oxygen atoms in total. The van der Waals surface area contributed by atoms with Crippen molar-refractivity contribution in [1.82, 2.24) is 14.7 Å². The van der Waals surface area contributed by atoms with Gasteiger partial charge in [0, 0.05) is 44.8 Å². The van der Waals surface area contributed by atoms with Gasteiger partial charge in [0.1, 0.15) is 5.75 Å². The summed E-state index contributed by atoms with van der Waals surface area (Å²) in [7, 11) is 0. The average Bonchev–Trinajstić information content (AvgIpc) is 2.88. The summed E-state index contributed by atoms with van der Waals surface area (Å²) in [6.45, 7) is -0.577. The molecule has 0 radical (unpaired) electrons. The molecule has 2 saturated heterocycles. The van der Waals surface area contributed by atoms with Gasteiger partial charge < -0.3 is 19.4 Å². The number of amides is 3. The molecule has 1 atom stereocenters. The third kappa shape index (κ3) is 5.35. The zero-order chi connectivity index (χ0) is 24.1. The summed E-state index contributed by atoms with van der Waals surface area (Å²) in [5.74, 6) is -1.05. The van der Waals surface area contributed by atoms with Crippen LogP contribution in [0.15, 0.2) is 54.6 Å². The second-order valence-electron chi connectivity index (χ2n) is 8.45. The highest BCUT2D eigenvalue weighted by Crippen LogP contribution is 2.26. The van der Waals surface area contributed by atoms with Gasteiger partial charge in [-0.1, -0.05) is 30.3 Å². The molecule has 2 aromatic rings. The summed E-state index contributed by atoms with van der Waals surface area (Å²) in [4.78, 5) is 43.9. The van der Waals surface area contributed by atoms with Gasteiger partial charge in [0.25, 0.3) is 11.8 Å². The van der Waals surface area contributed by atoms with Crippen LogP contribution in [-0.2, 0) is 4.79 Å². The first-order valence-electron chi connectivity index (χ1n) is 11.4. The molecule has 2 aliphatic rings. The molecule has 0 saturated carbocycles. The number of piperazine rings is 1. The molecule has 4 rings (SSSR count). The summed E-state index contributed by atoms with van der Waals surface area (Å²) >= 11 is 0. The highest BCUT2D eigenvalue weighted by Gasteiger charge is 2.34. The van der Waals surface area contributed by atoms with Crippen LogP contribution in [0.5, 0.6) is 5.75 Å². The SMILES string of the molecule is O=C(c1ccccc1)N1CCN(C(=O)C2CCCN(C(=O)c3ccccc3OC(F)F)C2)CC1. The molecular weight excluding hydrogens is 444 g/mol. The molecule has 2 fully saturated rings. The highest BCUT2D eigenvalue weighted by atomic mass is 19.3. The van der Waals surface area contributed by atoms with Crippen molar-refractivity contribution in [3.63, 3.8) is 0 Å². The van der Waals surface area contributed by atoms with Crippen LogP contribution in [-0.4, -0.2) is 78.3 Å². The van der Waals surface area contributed by atoms with Crippen LogP contribution < -0.4 is 4.74 Å². The molecule has 0 N–H and O–H groups in total. The first-order chi connectivity index (χ1) is 16.4. The molecule has 2 heterocycles. The first-order valence-corrected chi connectivity index (χ1v) is 11.4. The Balaban J connectivity index is 1.35. The minimum Gasteiger partial charge on any atom is -0.434 e. The minimum atomic E-state index is -3.03. The fraction of sp³-hybridized carbons (Fsp3) is 0.400. The molecular formula is C25H27F2N3O4. The van der Waals surface area contributed by atoms with Gasteiger partial charge in [-0.15, -0.1) is 0 Å². The fourth-order valence-electron chi connectivity index (χ4n) is 4.53. The van der Waals surface area contributed by atoms with E-state index in [1.54, 1.807) is 28.0 Å². The Morgan fingerprint density at radius 3 is 2.15 bits per heavy atom. The van der Waals surface area contributed by atoms with Crippen LogP contribution in [0.3, 0.4) is 0 Å². The van der Waals surface area contributed by atoms with Gasteiger partial charge >= 0.3 is 6.61 Å². The number of hydrogen-bond acceptors (Lipinski definition) is 4.